The van der Waals surface area contributed by atoms with Gasteiger partial charge >= 0.3 is 0 Å². The molecule has 0 saturated carbocycles. The van der Waals surface area contributed by atoms with Crippen molar-refractivity contribution in [2.45, 2.75) is 12.5 Å². The number of nitrogens with zero attached hydrogens (tertiary/aromatic N) is 2. The number of methoxy groups -OCH3 is 1. The highest BCUT2D eigenvalue weighted by molar-refractivity contribution is 5.78. The Kier molecular flexibility index (Phi) is 4.57. The summed E-state index contributed by atoms with van der Waals surface area (Å²) in [5, 5.41) is 0. The molecule has 1 atom stereocenters. The van der Waals surface area contributed by atoms with E-state index in [-0.39, 0.29) is 6.10 Å². The van der Waals surface area contributed by atoms with Crippen LogP contribution >= 0.6 is 0 Å². The molecule has 0 aliphatic carbocycles. The molecule has 0 spiro atoms. The van der Waals surface area contributed by atoms with E-state index in [2.05, 4.69) is 16.9 Å². The molecular weight excluding hydrogens is 292 g/mol. The summed E-state index contributed by atoms with van der Waals surface area (Å²) in [6, 6.07) is 11.0. The van der Waals surface area contributed by atoms with Gasteiger partial charge in [0.05, 0.1) is 12.8 Å². The van der Waals surface area contributed by atoms with E-state index in [9.17, 15) is 4.79 Å². The number of ether oxygens (including phenoxy) is 2. The fourth-order valence-corrected chi connectivity index (χ4v) is 2.76. The third kappa shape index (κ3) is 3.68. The Labute approximate surface area is 135 Å². The van der Waals surface area contributed by atoms with E-state index in [4.69, 9.17) is 9.47 Å². The summed E-state index contributed by atoms with van der Waals surface area (Å²) >= 11 is 0. The number of pyridine rings is 1. The highest BCUT2D eigenvalue weighted by atomic mass is 16.5. The van der Waals surface area contributed by atoms with E-state index >= 15 is 0 Å². The van der Waals surface area contributed by atoms with E-state index in [1.165, 1.54) is 0 Å². The van der Waals surface area contributed by atoms with Crippen LogP contribution in [0.5, 0.6) is 11.6 Å². The molecule has 1 fully saturated rings. The van der Waals surface area contributed by atoms with Crippen LogP contribution in [0.4, 0.5) is 0 Å². The van der Waals surface area contributed by atoms with Crippen LogP contribution in [0.3, 0.4) is 0 Å². The summed E-state index contributed by atoms with van der Waals surface area (Å²) < 4.78 is 11.4. The van der Waals surface area contributed by atoms with Crippen molar-refractivity contribution < 1.29 is 14.3 Å². The van der Waals surface area contributed by atoms with Crippen LogP contribution in [0.2, 0.25) is 0 Å². The minimum atomic E-state index is 0.182. The molecule has 5 nitrogen and oxygen atoms in total. The number of hydrogen-bond donors (Lipinski definition) is 0. The van der Waals surface area contributed by atoms with Crippen molar-refractivity contribution in [1.82, 2.24) is 9.88 Å². The molecule has 2 aromatic rings. The second-order valence-corrected chi connectivity index (χ2v) is 5.76. The van der Waals surface area contributed by atoms with Crippen LogP contribution < -0.4 is 9.47 Å². The zero-order valence-electron chi connectivity index (χ0n) is 13.4. The Bertz CT molecular complexity index is 702. The monoisotopic (exact) mass is 312 g/mol. The van der Waals surface area contributed by atoms with Gasteiger partial charge in [0, 0.05) is 36.3 Å². The predicted molar refractivity (Wildman–Crippen MR) is 88.1 cm³/mol. The molecule has 0 amide bonds. The zero-order chi connectivity index (χ0) is 16.2. The average Bonchev–Trinajstić information content (AvgIpc) is 2.99. The summed E-state index contributed by atoms with van der Waals surface area (Å²) in [5.41, 5.74) is 2.21. The molecule has 5 heteroatoms. The van der Waals surface area contributed by atoms with Crippen molar-refractivity contribution in [2.24, 2.45) is 0 Å². The maximum Gasteiger partial charge on any atom is 0.217 e. The van der Waals surface area contributed by atoms with Gasteiger partial charge in [-0.25, -0.2) is 4.98 Å². The van der Waals surface area contributed by atoms with Crippen LogP contribution in [0.1, 0.15) is 16.8 Å². The van der Waals surface area contributed by atoms with Crippen molar-refractivity contribution in [3.05, 3.63) is 42.0 Å². The smallest absolute Gasteiger partial charge is 0.217 e. The van der Waals surface area contributed by atoms with E-state index < -0.39 is 0 Å². The van der Waals surface area contributed by atoms with Gasteiger partial charge in [-0.3, -0.25) is 4.79 Å². The first-order valence-corrected chi connectivity index (χ1v) is 7.65. The lowest BCUT2D eigenvalue weighted by Gasteiger charge is -2.15. The first kappa shape index (κ1) is 15.5. The molecule has 2 heterocycles. The second kappa shape index (κ2) is 6.79. The van der Waals surface area contributed by atoms with Crippen LogP contribution in [0.15, 0.2) is 36.4 Å². The van der Waals surface area contributed by atoms with Crippen molar-refractivity contribution in [2.75, 3.05) is 27.2 Å². The van der Waals surface area contributed by atoms with Gasteiger partial charge in [-0.15, -0.1) is 0 Å². The highest BCUT2D eigenvalue weighted by Gasteiger charge is 2.21. The Hall–Kier alpha value is -2.40. The van der Waals surface area contributed by atoms with Gasteiger partial charge < -0.3 is 14.4 Å². The van der Waals surface area contributed by atoms with Gasteiger partial charge in [-0.2, -0.15) is 0 Å². The van der Waals surface area contributed by atoms with Crippen molar-refractivity contribution in [1.29, 1.82) is 0 Å². The summed E-state index contributed by atoms with van der Waals surface area (Å²) in [7, 11) is 3.67. The molecule has 1 aromatic carbocycles. The molecule has 1 saturated heterocycles. The molecule has 1 aromatic heterocycles. The Morgan fingerprint density at radius 1 is 1.30 bits per heavy atom. The molecule has 1 aliphatic heterocycles. The lowest BCUT2D eigenvalue weighted by molar-refractivity contribution is 0.112. The number of carbonyl (C=O) groups excluding carboxylic acids is 1. The van der Waals surface area contributed by atoms with Crippen LogP contribution in [-0.2, 0) is 0 Å². The zero-order valence-corrected chi connectivity index (χ0v) is 13.4. The molecule has 1 unspecified atom stereocenters. The molecular formula is C18H20N2O3. The summed E-state index contributed by atoms with van der Waals surface area (Å²) in [6.45, 7) is 1.96. The molecule has 1 aliphatic rings. The van der Waals surface area contributed by atoms with Crippen molar-refractivity contribution in [3.63, 3.8) is 0 Å². The van der Waals surface area contributed by atoms with Gasteiger partial charge in [-0.05, 0) is 19.5 Å². The normalized spacial score (nSPS) is 17.9. The van der Waals surface area contributed by atoms with Gasteiger partial charge in [0.25, 0.3) is 0 Å². The standard InChI is InChI=1S/C18H20N2O3/c1-20-7-6-15(11-20)23-16-9-17(19-18(10-16)22-2)14-5-3-4-13(8-14)12-21/h3-5,8-10,12,15H,6-7,11H2,1-2H3. The van der Waals surface area contributed by atoms with Crippen LogP contribution in [-0.4, -0.2) is 49.5 Å². The minimum Gasteiger partial charge on any atom is -0.489 e. The number of aromatic nitrogens is 1. The number of rotatable bonds is 5. The van der Waals surface area contributed by atoms with Crippen LogP contribution in [0.25, 0.3) is 11.3 Å². The SMILES string of the molecule is COc1cc(OC2CCN(C)C2)cc(-c2cccc(C=O)c2)n1. The van der Waals surface area contributed by atoms with E-state index in [1.54, 1.807) is 19.2 Å². The van der Waals surface area contributed by atoms with Crippen molar-refractivity contribution in [3.8, 4) is 22.9 Å². The summed E-state index contributed by atoms with van der Waals surface area (Å²) in [6.07, 6.45) is 2.02. The fourth-order valence-electron chi connectivity index (χ4n) is 2.76. The highest BCUT2D eigenvalue weighted by Crippen LogP contribution is 2.28. The first-order chi connectivity index (χ1) is 11.2. The average molecular weight is 312 g/mol. The number of likely N-dealkylation sites (N-methyl/N-ethyl adjacent to an activating group) is 1. The van der Waals surface area contributed by atoms with Crippen molar-refractivity contribution >= 4 is 6.29 Å². The molecule has 0 N–H and O–H groups in total. The lowest BCUT2D eigenvalue weighted by atomic mass is 10.1. The Balaban J connectivity index is 1.90. The van der Waals surface area contributed by atoms with Crippen LogP contribution in [0, 0.1) is 0 Å². The summed E-state index contributed by atoms with van der Waals surface area (Å²) in [4.78, 5) is 17.7. The topological polar surface area (TPSA) is 51.7 Å². The molecule has 120 valence electrons. The third-order valence-electron chi connectivity index (χ3n) is 3.95. The maximum atomic E-state index is 11.0. The van der Waals surface area contributed by atoms with Gasteiger partial charge in [-0.1, -0.05) is 18.2 Å². The quantitative estimate of drug-likeness (QED) is 0.795. The van der Waals surface area contributed by atoms with E-state index in [1.807, 2.05) is 24.3 Å². The number of carbonyl (C=O) groups is 1. The largest absolute Gasteiger partial charge is 0.489 e. The fraction of sp³-hybridized carbons (Fsp3) is 0.333. The van der Waals surface area contributed by atoms with Gasteiger partial charge in [0.1, 0.15) is 18.1 Å². The van der Waals surface area contributed by atoms with E-state index in [0.29, 0.717) is 11.4 Å². The number of aldehydes is 1. The first-order valence-electron chi connectivity index (χ1n) is 7.65. The minimum absolute atomic E-state index is 0.182. The molecule has 23 heavy (non-hydrogen) atoms. The molecule has 0 bridgehead atoms. The number of benzene rings is 1. The van der Waals surface area contributed by atoms with E-state index in [0.717, 1.165) is 42.8 Å². The Morgan fingerprint density at radius 2 is 2.17 bits per heavy atom. The molecule has 0 radical (unpaired) electrons. The van der Waals surface area contributed by atoms with Gasteiger partial charge in [0.15, 0.2) is 0 Å². The summed E-state index contributed by atoms with van der Waals surface area (Å²) in [5.74, 6) is 1.24. The second-order valence-electron chi connectivity index (χ2n) is 5.76. The predicted octanol–water partition coefficient (Wildman–Crippen LogP) is 2.65. The lowest BCUT2D eigenvalue weighted by Crippen LogP contribution is -2.21. The van der Waals surface area contributed by atoms with Gasteiger partial charge in [0.2, 0.25) is 5.88 Å². The number of hydrogen-bond acceptors (Lipinski definition) is 5. The third-order valence-corrected chi connectivity index (χ3v) is 3.95. The molecule has 3 rings (SSSR count). The number of likely N-dealkylation sites (tertiary alicyclic amines) is 1. The Morgan fingerprint density at radius 3 is 2.87 bits per heavy atom. The maximum absolute atomic E-state index is 11.0.